The second kappa shape index (κ2) is 21.7. The van der Waals surface area contributed by atoms with E-state index < -0.39 is 147 Å². The molecule has 5 heterocycles. The normalized spacial score (nSPS) is 42.6. The highest BCUT2D eigenvalue weighted by atomic mass is 16.8. The van der Waals surface area contributed by atoms with Gasteiger partial charge in [-0.25, -0.2) is 9.59 Å². The molecule has 3 saturated heterocycles. The molecule has 0 aromatic carbocycles. The number of rotatable bonds is 10. The Labute approximate surface area is 373 Å². The van der Waals surface area contributed by atoms with E-state index in [0.717, 1.165) is 19.6 Å². The number of carbonyl (C=O) groups excluding carboxylic acids is 4. The Bertz CT molecular complexity index is 1840. The molecule has 0 spiro atoms. The van der Waals surface area contributed by atoms with Crippen LogP contribution in [0.15, 0.2) is 47.0 Å². The predicted octanol–water partition coefficient (Wildman–Crippen LogP) is -1.90. The Balaban J connectivity index is 1.16. The Hall–Kier alpha value is -4.04. The summed E-state index contributed by atoms with van der Waals surface area (Å²) in [6.07, 6.45) is -14.8. The molecule has 0 aromatic heterocycles. The van der Waals surface area contributed by atoms with Crippen molar-refractivity contribution in [2.75, 3.05) is 33.5 Å². The van der Waals surface area contributed by atoms with Crippen molar-refractivity contribution in [3.05, 3.63) is 47.0 Å². The highest BCUT2D eigenvalue weighted by Gasteiger charge is 2.51. The van der Waals surface area contributed by atoms with E-state index in [1.165, 1.54) is 6.08 Å². The van der Waals surface area contributed by atoms with E-state index in [9.17, 15) is 60.0 Å². The summed E-state index contributed by atoms with van der Waals surface area (Å²) in [5, 5.41) is 81.5. The fourth-order valence-electron chi connectivity index (χ4n) is 9.48. The molecule has 0 bridgehead atoms. The number of hydrogen-bond acceptors (Lipinski definition) is 22. The number of carbonyl (C=O) groups is 4. The molecule has 1 aliphatic carbocycles. The summed E-state index contributed by atoms with van der Waals surface area (Å²) in [5.74, 6) is -6.59. The van der Waals surface area contributed by atoms with E-state index >= 15 is 0 Å². The second-order valence-electron chi connectivity index (χ2n) is 17.1. The lowest BCUT2D eigenvalue weighted by Gasteiger charge is -2.42. The minimum atomic E-state index is -1.77. The number of cyclic esters (lactones) is 2. The summed E-state index contributed by atoms with van der Waals surface area (Å²) in [6, 6.07) is 0. The first-order valence-electron chi connectivity index (χ1n) is 21.5. The van der Waals surface area contributed by atoms with Crippen molar-refractivity contribution in [3.8, 4) is 0 Å². The van der Waals surface area contributed by atoms with Crippen LogP contribution in [0.2, 0.25) is 0 Å². The molecule has 5 aliphatic heterocycles. The van der Waals surface area contributed by atoms with Gasteiger partial charge in [-0.2, -0.15) is 0 Å². The van der Waals surface area contributed by atoms with Crippen LogP contribution < -0.4 is 0 Å². The topological polar surface area (TPSA) is 322 Å². The largest absolute Gasteiger partial charge is 0.468 e. The van der Waals surface area contributed by atoms with Crippen LogP contribution in [0.5, 0.6) is 0 Å². The Morgan fingerprint density at radius 1 is 0.754 bits per heavy atom. The Morgan fingerprint density at radius 3 is 1.88 bits per heavy atom. The average molecular weight is 929 g/mol. The average Bonchev–Trinajstić information content (AvgIpc) is 3.60. The number of esters is 4. The maximum atomic E-state index is 14.0. The van der Waals surface area contributed by atoms with Crippen LogP contribution in [0.3, 0.4) is 0 Å². The fourth-order valence-corrected chi connectivity index (χ4v) is 9.48. The summed E-state index contributed by atoms with van der Waals surface area (Å²) in [5.41, 5.74) is 0.384. The van der Waals surface area contributed by atoms with Gasteiger partial charge < -0.3 is 88.2 Å². The molecule has 6 rings (SSSR count). The third-order valence-electron chi connectivity index (χ3n) is 13.1. The minimum Gasteiger partial charge on any atom is -0.468 e. The van der Waals surface area contributed by atoms with Gasteiger partial charge in [0.25, 0.3) is 0 Å². The number of allylic oxidation sites excluding steroid dienone is 2. The van der Waals surface area contributed by atoms with Gasteiger partial charge in [0.05, 0.1) is 70.0 Å². The van der Waals surface area contributed by atoms with Gasteiger partial charge in [-0.1, -0.05) is 26.0 Å². The van der Waals surface area contributed by atoms with Crippen LogP contribution in [0.1, 0.15) is 47.0 Å². The molecule has 364 valence electrons. The molecule has 65 heavy (non-hydrogen) atoms. The zero-order valence-electron chi connectivity index (χ0n) is 36.5. The number of ether oxygens (including phenoxy) is 10. The first-order chi connectivity index (χ1) is 31.0. The van der Waals surface area contributed by atoms with Gasteiger partial charge in [0.2, 0.25) is 12.6 Å². The molecule has 8 N–H and O–H groups in total. The first-order valence-corrected chi connectivity index (χ1v) is 21.5. The molecule has 0 amide bonds. The van der Waals surface area contributed by atoms with Crippen molar-refractivity contribution in [2.24, 2.45) is 35.5 Å². The van der Waals surface area contributed by atoms with Gasteiger partial charge in [0, 0.05) is 34.8 Å². The van der Waals surface area contributed by atoms with Crippen molar-refractivity contribution < 1.29 is 107 Å². The van der Waals surface area contributed by atoms with Crippen LogP contribution in [0, 0.1) is 35.5 Å². The minimum absolute atomic E-state index is 0.0460. The summed E-state index contributed by atoms with van der Waals surface area (Å²) in [6.45, 7) is 5.28. The molecule has 0 unspecified atom stereocenters. The molecule has 0 radical (unpaired) electrons. The number of methoxy groups -OCH3 is 1. The Kier molecular flexibility index (Phi) is 16.8. The van der Waals surface area contributed by atoms with Crippen molar-refractivity contribution in [3.63, 3.8) is 0 Å². The van der Waals surface area contributed by atoms with E-state index in [1.54, 1.807) is 26.8 Å². The van der Waals surface area contributed by atoms with Crippen LogP contribution in [-0.4, -0.2) is 178 Å². The lowest BCUT2D eigenvalue weighted by atomic mass is 9.81. The fraction of sp³-hybridized carbons (Fsp3) is 0.721. The standard InChI is InChI=1S/C43H60O22/c1-6-19-21-9-29(46)57-14-23-17(3)8-26(31(23)18(4)13-58-39(55)25(21)16-60-40(19)64-42-36(52)34(50)32(48)27(11-44)62-42)61-30(47)10-22-20(7-2)41(59-15-24(22)38(54)56-5)65-43-37(53)35(51)33(49)28(12-45)63-43/h6-7,15-18,21-23,26-28,31-37,40-45,48-53H,8-14H2,1-5H3/b19-6-,20-7+/t17-,18-,21-,22-,23+,26-,27+,28+,31-,32+,33+,34-,35-,36+,37+,40-,41-,42-,43-/m0/s1. The number of aliphatic hydroxyl groups is 8. The molecule has 1 saturated carbocycles. The van der Waals surface area contributed by atoms with Gasteiger partial charge in [-0.3, -0.25) is 9.59 Å². The zero-order chi connectivity index (χ0) is 47.4. The number of aliphatic hydroxyl groups excluding tert-OH is 8. The highest BCUT2D eigenvalue weighted by Crippen LogP contribution is 2.45. The van der Waals surface area contributed by atoms with E-state index in [-0.39, 0.29) is 53.8 Å². The number of hydrogen-bond donors (Lipinski definition) is 8. The van der Waals surface area contributed by atoms with Gasteiger partial charge in [-0.05, 0) is 32.1 Å². The van der Waals surface area contributed by atoms with Crippen molar-refractivity contribution in [1.29, 1.82) is 0 Å². The molecule has 19 atom stereocenters. The zero-order valence-corrected chi connectivity index (χ0v) is 36.5. The van der Waals surface area contributed by atoms with E-state index in [1.807, 2.05) is 6.92 Å². The monoisotopic (exact) mass is 928 g/mol. The predicted molar refractivity (Wildman–Crippen MR) is 213 cm³/mol. The molecule has 4 fully saturated rings. The SMILES string of the molecule is C/C=C1\[C@H](O[C@@H]2O[C@H](CO)[C@@H](O)[C@H](O)[C@H]2O)OC=C2C(=O)OC[C@H](C)[C@H]3[C@H](COC(=O)C[C@H]21)[C@@H](C)C[C@@H]3OC(=O)C[C@@H]1C(C(=O)OC)=CO[C@@H](O[C@@H]2O[C@H](CO)[C@@H](O)[C@H](O)[C@H]2O)/C1=C/C. The van der Waals surface area contributed by atoms with E-state index in [2.05, 4.69) is 0 Å². The van der Waals surface area contributed by atoms with E-state index in [0.29, 0.717) is 6.42 Å². The first kappa shape index (κ1) is 50.4. The maximum absolute atomic E-state index is 14.0. The highest BCUT2D eigenvalue weighted by molar-refractivity contribution is 5.91. The van der Waals surface area contributed by atoms with Crippen molar-refractivity contribution >= 4 is 23.9 Å². The maximum Gasteiger partial charge on any atom is 0.337 e. The van der Waals surface area contributed by atoms with Crippen LogP contribution in [0.25, 0.3) is 0 Å². The summed E-state index contributed by atoms with van der Waals surface area (Å²) < 4.78 is 56.9. The summed E-state index contributed by atoms with van der Waals surface area (Å²) >= 11 is 0. The van der Waals surface area contributed by atoms with E-state index in [4.69, 9.17) is 47.4 Å². The molecule has 22 heteroatoms. The van der Waals surface area contributed by atoms with Crippen LogP contribution in [-0.2, 0) is 66.5 Å². The quantitative estimate of drug-likeness (QED) is 0.0674. The Morgan fingerprint density at radius 2 is 1.32 bits per heavy atom. The summed E-state index contributed by atoms with van der Waals surface area (Å²) in [7, 11) is 1.14. The molecule has 0 aromatic rings. The van der Waals surface area contributed by atoms with Gasteiger partial charge >= 0.3 is 23.9 Å². The smallest absolute Gasteiger partial charge is 0.337 e. The number of fused-ring (bicyclic) bond motifs is 2. The lowest BCUT2D eigenvalue weighted by molar-refractivity contribution is -0.327. The lowest BCUT2D eigenvalue weighted by Crippen LogP contribution is -2.60. The second-order valence-corrected chi connectivity index (χ2v) is 17.1. The molecular weight excluding hydrogens is 868 g/mol. The summed E-state index contributed by atoms with van der Waals surface area (Å²) in [4.78, 5) is 54.3. The van der Waals surface area contributed by atoms with Gasteiger partial charge in [0.1, 0.15) is 54.9 Å². The van der Waals surface area contributed by atoms with Crippen LogP contribution >= 0.6 is 0 Å². The van der Waals surface area contributed by atoms with Crippen molar-refractivity contribution in [1.82, 2.24) is 0 Å². The van der Waals surface area contributed by atoms with Gasteiger partial charge in [0.15, 0.2) is 12.6 Å². The molecule has 22 nitrogen and oxygen atoms in total. The molecular formula is C43H60O22. The molecule has 6 aliphatic rings. The third-order valence-corrected chi connectivity index (χ3v) is 13.1. The van der Waals surface area contributed by atoms with Crippen molar-refractivity contribution in [2.45, 2.75) is 127 Å². The van der Waals surface area contributed by atoms with Gasteiger partial charge in [-0.15, -0.1) is 0 Å². The van der Waals surface area contributed by atoms with Crippen LogP contribution in [0.4, 0.5) is 0 Å². The third kappa shape index (κ3) is 10.6.